The summed E-state index contributed by atoms with van der Waals surface area (Å²) in [5.74, 6) is -1.23. The van der Waals surface area contributed by atoms with Crippen LogP contribution in [0.2, 0.25) is 0 Å². The van der Waals surface area contributed by atoms with Crippen molar-refractivity contribution in [3.8, 4) is 17.2 Å². The zero-order valence-corrected chi connectivity index (χ0v) is 30.1. The van der Waals surface area contributed by atoms with E-state index in [0.29, 0.717) is 41.3 Å². The maximum absolute atomic E-state index is 13.7. The summed E-state index contributed by atoms with van der Waals surface area (Å²) in [5.41, 5.74) is 5.11. The van der Waals surface area contributed by atoms with Gasteiger partial charge in [0, 0.05) is 34.5 Å². The summed E-state index contributed by atoms with van der Waals surface area (Å²) in [4.78, 5) is 55.4. The quantitative estimate of drug-likeness (QED) is 0.0999. The lowest BCUT2D eigenvalue weighted by Gasteiger charge is -2.25. The normalized spacial score (nSPS) is 12.9. The van der Waals surface area contributed by atoms with E-state index in [1.54, 1.807) is 60.4 Å². The SMILES string of the molecule is CC(=O)N1CCc2c(sc(NC(=O)C(C)Sc3cccc(NC(=O)/C(=C\c4ccc(-c5ccccc5)cc4)NC(=O)c4ccccc4)c3)c2C#N)C1. The molecule has 11 heteroatoms. The van der Waals surface area contributed by atoms with E-state index in [-0.39, 0.29) is 17.5 Å². The number of carbonyl (C=O) groups is 4. The van der Waals surface area contributed by atoms with Gasteiger partial charge in [-0.1, -0.05) is 78.9 Å². The average Bonchev–Trinajstić information content (AvgIpc) is 3.51. The van der Waals surface area contributed by atoms with Crippen LogP contribution in [0.5, 0.6) is 0 Å². The van der Waals surface area contributed by atoms with E-state index in [1.807, 2.05) is 66.7 Å². The highest BCUT2D eigenvalue weighted by Gasteiger charge is 2.27. The molecule has 0 aliphatic carbocycles. The van der Waals surface area contributed by atoms with Gasteiger partial charge in [-0.25, -0.2) is 0 Å². The molecule has 6 rings (SSSR count). The second kappa shape index (κ2) is 16.4. The van der Waals surface area contributed by atoms with E-state index in [2.05, 4.69) is 22.0 Å². The molecular weight excluding hydrogens is 691 g/mol. The van der Waals surface area contributed by atoms with Crippen molar-refractivity contribution >= 4 is 63.5 Å². The molecule has 52 heavy (non-hydrogen) atoms. The topological polar surface area (TPSA) is 131 Å². The molecule has 260 valence electrons. The first-order chi connectivity index (χ1) is 25.2. The number of fused-ring (bicyclic) bond motifs is 1. The molecule has 0 spiro atoms. The number of thiophene rings is 1. The molecule has 1 unspecified atom stereocenters. The molecule has 0 fully saturated rings. The standard InChI is InChI=1S/C41H35N5O4S2/c1-26(38(48)45-41-35(24-42)34-20-21-46(27(2)47)25-37(34)52-41)51-33-15-9-14-32(23-33)43-40(50)36(44-39(49)31-12-7-4-8-13-31)22-28-16-18-30(19-17-28)29-10-5-3-6-11-29/h3-19,22-23,26H,20-21,25H2,1-2H3,(H,43,50)(H,44,49)(H,45,48)/b36-22+. The van der Waals surface area contributed by atoms with E-state index >= 15 is 0 Å². The van der Waals surface area contributed by atoms with Crippen LogP contribution in [0.3, 0.4) is 0 Å². The highest BCUT2D eigenvalue weighted by atomic mass is 32.2. The van der Waals surface area contributed by atoms with Crippen LogP contribution >= 0.6 is 23.1 Å². The molecule has 1 aliphatic rings. The maximum Gasteiger partial charge on any atom is 0.272 e. The first-order valence-electron chi connectivity index (χ1n) is 16.6. The Morgan fingerprint density at radius 3 is 2.27 bits per heavy atom. The first kappa shape index (κ1) is 35.9. The Balaban J connectivity index is 1.15. The van der Waals surface area contributed by atoms with Gasteiger partial charge in [0.15, 0.2) is 0 Å². The number of nitriles is 1. The van der Waals surface area contributed by atoms with Crippen molar-refractivity contribution in [3.63, 3.8) is 0 Å². The molecule has 0 radical (unpaired) electrons. The number of nitrogens with zero attached hydrogens (tertiary/aromatic N) is 2. The monoisotopic (exact) mass is 725 g/mol. The lowest BCUT2D eigenvalue weighted by atomic mass is 10.0. The van der Waals surface area contributed by atoms with Gasteiger partial charge in [0.1, 0.15) is 16.8 Å². The predicted molar refractivity (Wildman–Crippen MR) is 207 cm³/mol. The van der Waals surface area contributed by atoms with Crippen LogP contribution in [0, 0.1) is 11.3 Å². The molecular formula is C41H35N5O4S2. The van der Waals surface area contributed by atoms with Gasteiger partial charge in [0.05, 0.1) is 17.4 Å². The summed E-state index contributed by atoms with van der Waals surface area (Å²) in [6.45, 7) is 4.26. The maximum atomic E-state index is 13.7. The van der Waals surface area contributed by atoms with Crippen LogP contribution < -0.4 is 16.0 Å². The number of benzene rings is 4. The van der Waals surface area contributed by atoms with Crippen molar-refractivity contribution in [3.05, 3.63) is 142 Å². The van der Waals surface area contributed by atoms with Gasteiger partial charge in [-0.3, -0.25) is 19.2 Å². The molecule has 0 bridgehead atoms. The molecule has 0 saturated heterocycles. The number of hydrogen-bond acceptors (Lipinski definition) is 7. The highest BCUT2D eigenvalue weighted by Crippen LogP contribution is 2.37. The van der Waals surface area contributed by atoms with Crippen LogP contribution in [-0.4, -0.2) is 40.3 Å². The largest absolute Gasteiger partial charge is 0.337 e. The molecule has 5 aromatic rings. The molecule has 2 heterocycles. The highest BCUT2D eigenvalue weighted by molar-refractivity contribution is 8.00. The minimum atomic E-state index is -0.537. The Hall–Kier alpha value is -5.96. The van der Waals surface area contributed by atoms with E-state index in [4.69, 9.17) is 0 Å². The molecule has 1 atom stereocenters. The second-order valence-corrected chi connectivity index (χ2v) is 14.6. The van der Waals surface area contributed by atoms with Crippen molar-refractivity contribution in [1.29, 1.82) is 5.26 Å². The predicted octanol–water partition coefficient (Wildman–Crippen LogP) is 7.72. The lowest BCUT2D eigenvalue weighted by Crippen LogP contribution is -2.33. The van der Waals surface area contributed by atoms with Gasteiger partial charge in [-0.15, -0.1) is 23.1 Å². The van der Waals surface area contributed by atoms with E-state index in [1.165, 1.54) is 30.0 Å². The molecule has 1 aliphatic heterocycles. The summed E-state index contributed by atoms with van der Waals surface area (Å²) in [6, 6.07) is 35.7. The Morgan fingerprint density at radius 1 is 0.885 bits per heavy atom. The fraction of sp³-hybridized carbons (Fsp3) is 0.146. The second-order valence-electron chi connectivity index (χ2n) is 12.1. The minimum absolute atomic E-state index is 0.0235. The van der Waals surface area contributed by atoms with Crippen LogP contribution in [-0.2, 0) is 27.3 Å². The van der Waals surface area contributed by atoms with Crippen molar-refractivity contribution in [2.75, 3.05) is 17.2 Å². The minimum Gasteiger partial charge on any atom is -0.337 e. The van der Waals surface area contributed by atoms with Crippen molar-refractivity contribution in [2.24, 2.45) is 0 Å². The number of amides is 4. The number of rotatable bonds is 10. The van der Waals surface area contributed by atoms with E-state index < -0.39 is 17.1 Å². The van der Waals surface area contributed by atoms with Gasteiger partial charge in [0.25, 0.3) is 11.8 Å². The van der Waals surface area contributed by atoms with Gasteiger partial charge in [0.2, 0.25) is 11.8 Å². The van der Waals surface area contributed by atoms with Crippen LogP contribution in [0.4, 0.5) is 10.7 Å². The van der Waals surface area contributed by atoms with Gasteiger partial charge >= 0.3 is 0 Å². The fourth-order valence-electron chi connectivity index (χ4n) is 5.71. The number of nitrogens with one attached hydrogen (secondary N) is 3. The summed E-state index contributed by atoms with van der Waals surface area (Å²) in [5, 5.41) is 18.4. The smallest absolute Gasteiger partial charge is 0.272 e. The number of thioether (sulfide) groups is 1. The Morgan fingerprint density at radius 2 is 1.58 bits per heavy atom. The third-order valence-corrected chi connectivity index (χ3v) is 10.7. The average molecular weight is 726 g/mol. The van der Waals surface area contributed by atoms with Crippen molar-refractivity contribution in [1.82, 2.24) is 10.2 Å². The molecule has 4 amide bonds. The van der Waals surface area contributed by atoms with Crippen molar-refractivity contribution in [2.45, 2.75) is 37.0 Å². The van der Waals surface area contributed by atoms with Gasteiger partial charge in [-0.2, -0.15) is 5.26 Å². The Kier molecular flexibility index (Phi) is 11.3. The number of hydrogen-bond donors (Lipinski definition) is 3. The third-order valence-electron chi connectivity index (χ3n) is 8.48. The number of anilines is 2. The number of carbonyl (C=O) groups excluding carboxylic acids is 4. The van der Waals surface area contributed by atoms with E-state index in [9.17, 15) is 24.4 Å². The molecule has 0 saturated carbocycles. The summed E-state index contributed by atoms with van der Waals surface area (Å²) in [6.07, 6.45) is 2.20. The molecule has 9 nitrogen and oxygen atoms in total. The zero-order chi connectivity index (χ0) is 36.6. The molecule has 3 N–H and O–H groups in total. The summed E-state index contributed by atoms with van der Waals surface area (Å²) >= 11 is 2.64. The molecule has 1 aromatic heterocycles. The summed E-state index contributed by atoms with van der Waals surface area (Å²) in [7, 11) is 0. The van der Waals surface area contributed by atoms with E-state index in [0.717, 1.165) is 32.0 Å². The molecule has 4 aromatic carbocycles. The van der Waals surface area contributed by atoms with Gasteiger partial charge in [-0.05, 0) is 72.0 Å². The Labute approximate surface area is 310 Å². The third kappa shape index (κ3) is 8.66. The van der Waals surface area contributed by atoms with Crippen LogP contribution in [0.25, 0.3) is 17.2 Å². The van der Waals surface area contributed by atoms with Crippen LogP contribution in [0.1, 0.15) is 45.8 Å². The lowest BCUT2D eigenvalue weighted by molar-refractivity contribution is -0.129. The zero-order valence-electron chi connectivity index (χ0n) is 28.5. The Bertz CT molecular complexity index is 2190. The van der Waals surface area contributed by atoms with Crippen molar-refractivity contribution < 1.29 is 19.2 Å². The summed E-state index contributed by atoms with van der Waals surface area (Å²) < 4.78 is 0. The van der Waals surface area contributed by atoms with Gasteiger partial charge < -0.3 is 20.9 Å². The van der Waals surface area contributed by atoms with Crippen LogP contribution in [0.15, 0.2) is 120 Å². The first-order valence-corrected chi connectivity index (χ1v) is 18.3. The fourth-order valence-corrected chi connectivity index (χ4v) is 7.85.